The van der Waals surface area contributed by atoms with Crippen LogP contribution in [0.1, 0.15) is 80.6 Å². The molecule has 2 fully saturated rings. The van der Waals surface area contributed by atoms with Gasteiger partial charge < -0.3 is 15.5 Å². The molecule has 0 spiro atoms. The zero-order valence-electron chi connectivity index (χ0n) is 20.2. The molecule has 7 heteroatoms. The van der Waals surface area contributed by atoms with Crippen LogP contribution in [0.4, 0.5) is 4.39 Å². The third kappa shape index (κ3) is 6.40. The van der Waals surface area contributed by atoms with E-state index in [1.807, 2.05) is 18.7 Å². The highest BCUT2D eigenvalue weighted by atomic mass is 19.1. The number of hydrogen-bond donors (Lipinski definition) is 2. The summed E-state index contributed by atoms with van der Waals surface area (Å²) < 4.78 is 14.7. The molecule has 1 heterocycles. The number of likely N-dealkylation sites (N-methyl/N-ethyl adjacent to an activating group) is 1. The maximum absolute atomic E-state index is 14.7. The largest absolute Gasteiger partial charge is 0.342 e. The van der Waals surface area contributed by atoms with E-state index in [0.29, 0.717) is 13.1 Å². The van der Waals surface area contributed by atoms with Gasteiger partial charge in [0.15, 0.2) is 5.78 Å². The molecule has 2 amide bonds. The Balaban J connectivity index is 1.77. The van der Waals surface area contributed by atoms with E-state index in [4.69, 9.17) is 0 Å². The van der Waals surface area contributed by atoms with Crippen LogP contribution in [-0.2, 0) is 9.59 Å². The number of piperidine rings is 1. The lowest BCUT2D eigenvalue weighted by Gasteiger charge is -2.33. The number of nitrogens with one attached hydrogen (secondary N) is 2. The normalized spacial score (nSPS) is 20.5. The number of ketones is 1. The summed E-state index contributed by atoms with van der Waals surface area (Å²) in [5.74, 6) is -1.10. The molecule has 1 saturated carbocycles. The molecule has 1 aromatic carbocycles. The van der Waals surface area contributed by atoms with Crippen LogP contribution in [0.2, 0.25) is 0 Å². The average molecular weight is 460 g/mol. The van der Waals surface area contributed by atoms with E-state index in [-0.39, 0.29) is 41.6 Å². The second kappa shape index (κ2) is 11.7. The monoisotopic (exact) mass is 459 g/mol. The van der Waals surface area contributed by atoms with Gasteiger partial charge in [-0.15, -0.1) is 0 Å². The van der Waals surface area contributed by atoms with Crippen LogP contribution < -0.4 is 10.6 Å². The van der Waals surface area contributed by atoms with Crippen molar-refractivity contribution in [3.05, 3.63) is 35.1 Å². The Kier molecular flexibility index (Phi) is 9.01. The van der Waals surface area contributed by atoms with E-state index in [2.05, 4.69) is 10.6 Å². The molecule has 1 unspecified atom stereocenters. The van der Waals surface area contributed by atoms with Gasteiger partial charge in [-0.2, -0.15) is 0 Å². The lowest BCUT2D eigenvalue weighted by Crippen LogP contribution is -2.48. The highest BCUT2D eigenvalue weighted by Crippen LogP contribution is 2.30. The van der Waals surface area contributed by atoms with Crippen LogP contribution in [0.5, 0.6) is 0 Å². The Hall–Kier alpha value is -2.28. The molecule has 33 heavy (non-hydrogen) atoms. The zero-order valence-corrected chi connectivity index (χ0v) is 20.2. The molecule has 0 radical (unpaired) electrons. The van der Waals surface area contributed by atoms with Gasteiger partial charge in [0, 0.05) is 24.9 Å². The molecule has 6 nitrogen and oxygen atoms in total. The van der Waals surface area contributed by atoms with Gasteiger partial charge in [-0.1, -0.05) is 39.2 Å². The second-order valence-corrected chi connectivity index (χ2v) is 9.85. The SMILES string of the molecule is CNCC(=O)N1CCCC(c2ccc(F)c(C(=O)N[C@@H](C(=O)C(C)C)C3CCCCC3)c2)C1. The van der Waals surface area contributed by atoms with E-state index in [1.165, 1.54) is 6.07 Å². The molecule has 1 aliphatic heterocycles. The van der Waals surface area contributed by atoms with Crippen molar-refractivity contribution in [3.8, 4) is 0 Å². The van der Waals surface area contributed by atoms with Crippen molar-refractivity contribution in [2.75, 3.05) is 26.7 Å². The van der Waals surface area contributed by atoms with Gasteiger partial charge in [0.1, 0.15) is 5.82 Å². The highest BCUT2D eigenvalue weighted by molar-refractivity contribution is 5.98. The van der Waals surface area contributed by atoms with Gasteiger partial charge in [-0.25, -0.2) is 4.39 Å². The third-order valence-electron chi connectivity index (χ3n) is 7.09. The number of carbonyl (C=O) groups is 3. The van der Waals surface area contributed by atoms with Crippen LogP contribution >= 0.6 is 0 Å². The summed E-state index contributed by atoms with van der Waals surface area (Å²) in [6.45, 7) is 5.25. The van der Waals surface area contributed by atoms with E-state index in [1.54, 1.807) is 19.2 Å². The first-order chi connectivity index (χ1) is 15.8. The van der Waals surface area contributed by atoms with Crippen molar-refractivity contribution in [1.29, 1.82) is 0 Å². The minimum atomic E-state index is -0.588. The number of hydrogen-bond acceptors (Lipinski definition) is 4. The van der Waals surface area contributed by atoms with Crippen molar-refractivity contribution >= 4 is 17.6 Å². The third-order valence-corrected chi connectivity index (χ3v) is 7.09. The summed E-state index contributed by atoms with van der Waals surface area (Å²) in [6, 6.07) is 4.07. The molecule has 2 aliphatic rings. The second-order valence-electron chi connectivity index (χ2n) is 9.85. The lowest BCUT2D eigenvalue weighted by molar-refractivity contribution is -0.131. The fourth-order valence-corrected chi connectivity index (χ4v) is 5.18. The van der Waals surface area contributed by atoms with Gasteiger partial charge in [-0.05, 0) is 56.3 Å². The van der Waals surface area contributed by atoms with Gasteiger partial charge in [-0.3, -0.25) is 14.4 Å². The van der Waals surface area contributed by atoms with E-state index >= 15 is 0 Å². The van der Waals surface area contributed by atoms with Crippen molar-refractivity contribution < 1.29 is 18.8 Å². The van der Waals surface area contributed by atoms with Crippen LogP contribution in [0.15, 0.2) is 18.2 Å². The molecule has 1 aliphatic carbocycles. The average Bonchev–Trinajstić information content (AvgIpc) is 2.83. The number of likely N-dealkylation sites (tertiary alicyclic amines) is 1. The molecule has 182 valence electrons. The van der Waals surface area contributed by atoms with Crippen molar-refractivity contribution in [1.82, 2.24) is 15.5 Å². The van der Waals surface area contributed by atoms with Crippen molar-refractivity contribution in [3.63, 3.8) is 0 Å². The van der Waals surface area contributed by atoms with Crippen LogP contribution in [0.25, 0.3) is 0 Å². The topological polar surface area (TPSA) is 78.5 Å². The molecule has 2 atom stereocenters. The minimum Gasteiger partial charge on any atom is -0.342 e. The van der Waals surface area contributed by atoms with Gasteiger partial charge in [0.25, 0.3) is 5.91 Å². The number of Topliss-reactive ketones (excluding diaryl/α,β-unsaturated/α-hetero) is 1. The fourth-order valence-electron chi connectivity index (χ4n) is 5.18. The summed E-state index contributed by atoms with van der Waals surface area (Å²) in [6.07, 6.45) is 6.82. The predicted molar refractivity (Wildman–Crippen MR) is 127 cm³/mol. The molecule has 0 aromatic heterocycles. The predicted octanol–water partition coefficient (Wildman–Crippen LogP) is 3.65. The first-order valence-corrected chi connectivity index (χ1v) is 12.4. The van der Waals surface area contributed by atoms with E-state index in [0.717, 1.165) is 50.5 Å². The number of halogens is 1. The number of benzene rings is 1. The number of rotatable bonds is 8. The van der Waals surface area contributed by atoms with Crippen LogP contribution in [-0.4, -0.2) is 55.2 Å². The summed E-state index contributed by atoms with van der Waals surface area (Å²) >= 11 is 0. The Bertz CT molecular complexity index is 851. The summed E-state index contributed by atoms with van der Waals surface area (Å²) in [5.41, 5.74) is 0.830. The summed E-state index contributed by atoms with van der Waals surface area (Å²) in [5, 5.41) is 5.79. The van der Waals surface area contributed by atoms with Gasteiger partial charge in [0.2, 0.25) is 5.91 Å². The molecule has 3 rings (SSSR count). The van der Waals surface area contributed by atoms with E-state index in [9.17, 15) is 18.8 Å². The Morgan fingerprint density at radius 1 is 1.09 bits per heavy atom. The van der Waals surface area contributed by atoms with Gasteiger partial charge >= 0.3 is 0 Å². The molecular weight excluding hydrogens is 421 g/mol. The number of nitrogens with zero attached hydrogens (tertiary/aromatic N) is 1. The standard InChI is InChI=1S/C26H38FN3O3/c1-17(2)25(32)24(18-8-5-4-6-9-18)29-26(33)21-14-19(11-12-22(21)27)20-10-7-13-30(16-20)23(31)15-28-3/h11-12,14,17-18,20,24,28H,4-10,13,15-16H2,1-3H3,(H,29,33)/t20?,24-/m1/s1. The van der Waals surface area contributed by atoms with Gasteiger partial charge in [0.05, 0.1) is 18.2 Å². The molecule has 0 bridgehead atoms. The number of amides is 2. The molecule has 1 aromatic rings. The summed E-state index contributed by atoms with van der Waals surface area (Å²) in [4.78, 5) is 40.2. The molecule has 2 N–H and O–H groups in total. The van der Waals surface area contributed by atoms with Crippen molar-refractivity contribution in [2.45, 2.75) is 70.8 Å². The quantitative estimate of drug-likeness (QED) is 0.622. The molecule has 1 saturated heterocycles. The Morgan fingerprint density at radius 2 is 1.82 bits per heavy atom. The van der Waals surface area contributed by atoms with Crippen LogP contribution in [0, 0.1) is 17.7 Å². The first-order valence-electron chi connectivity index (χ1n) is 12.4. The van der Waals surface area contributed by atoms with E-state index < -0.39 is 17.8 Å². The zero-order chi connectivity index (χ0) is 24.0. The fraction of sp³-hybridized carbons (Fsp3) is 0.654. The molecular formula is C26H38FN3O3. The Labute approximate surface area is 196 Å². The lowest BCUT2D eigenvalue weighted by atomic mass is 9.80. The smallest absolute Gasteiger partial charge is 0.254 e. The van der Waals surface area contributed by atoms with Crippen LogP contribution in [0.3, 0.4) is 0 Å². The minimum absolute atomic E-state index is 0.0118. The maximum Gasteiger partial charge on any atom is 0.254 e. The number of carbonyl (C=O) groups excluding carboxylic acids is 3. The summed E-state index contributed by atoms with van der Waals surface area (Å²) in [7, 11) is 1.74. The Morgan fingerprint density at radius 3 is 2.48 bits per heavy atom. The highest BCUT2D eigenvalue weighted by Gasteiger charge is 2.33. The first kappa shape index (κ1) is 25.3. The maximum atomic E-state index is 14.7. The van der Waals surface area contributed by atoms with Crippen molar-refractivity contribution in [2.24, 2.45) is 11.8 Å².